The van der Waals surface area contributed by atoms with Gasteiger partial charge in [-0.3, -0.25) is 4.79 Å². The van der Waals surface area contributed by atoms with E-state index < -0.39 is 15.9 Å². The standard InChI is InChI=1S/C19H21Cl2N3O3S/c1-12-4-2-3-9-24(12)28(26,27)15-7-5-13(6-8-15)19(25)23-14-10-16(20)18(22)17(21)11-14/h5-8,10-12H,2-4,9,22H2,1H3,(H,23,25). The van der Waals surface area contributed by atoms with Crippen LogP contribution in [-0.4, -0.2) is 31.2 Å². The molecular weight excluding hydrogens is 421 g/mol. The van der Waals surface area contributed by atoms with Crippen molar-refractivity contribution >= 4 is 50.5 Å². The zero-order chi connectivity index (χ0) is 20.5. The third-order valence-corrected chi connectivity index (χ3v) is 7.46. The van der Waals surface area contributed by atoms with Crippen LogP contribution in [0.5, 0.6) is 0 Å². The molecule has 28 heavy (non-hydrogen) atoms. The fourth-order valence-corrected chi connectivity index (χ4v) is 5.39. The van der Waals surface area contributed by atoms with Gasteiger partial charge in [-0.25, -0.2) is 8.42 Å². The molecule has 0 spiro atoms. The smallest absolute Gasteiger partial charge is 0.255 e. The number of halogens is 2. The predicted molar refractivity (Wildman–Crippen MR) is 112 cm³/mol. The Bertz CT molecular complexity index is 971. The van der Waals surface area contributed by atoms with Crippen molar-refractivity contribution in [2.75, 3.05) is 17.6 Å². The molecule has 1 heterocycles. The number of hydrogen-bond acceptors (Lipinski definition) is 4. The summed E-state index contributed by atoms with van der Waals surface area (Å²) in [6.45, 7) is 2.44. The minimum absolute atomic E-state index is 0.0262. The van der Waals surface area contributed by atoms with Gasteiger partial charge in [-0.1, -0.05) is 29.6 Å². The molecule has 150 valence electrons. The van der Waals surface area contributed by atoms with Gasteiger partial charge in [-0.2, -0.15) is 4.31 Å². The fourth-order valence-electron chi connectivity index (χ4n) is 3.20. The SMILES string of the molecule is CC1CCCCN1S(=O)(=O)c1ccc(C(=O)Nc2cc(Cl)c(N)c(Cl)c2)cc1. The monoisotopic (exact) mass is 441 g/mol. The summed E-state index contributed by atoms with van der Waals surface area (Å²) >= 11 is 11.9. The molecule has 2 aromatic rings. The minimum atomic E-state index is -3.58. The van der Waals surface area contributed by atoms with Gasteiger partial charge in [-0.05, 0) is 56.2 Å². The number of piperidine rings is 1. The van der Waals surface area contributed by atoms with E-state index in [1.807, 2.05) is 6.92 Å². The number of carbonyl (C=O) groups is 1. The lowest BCUT2D eigenvalue weighted by Crippen LogP contribution is -2.41. The van der Waals surface area contributed by atoms with E-state index in [4.69, 9.17) is 28.9 Å². The molecule has 0 aliphatic carbocycles. The normalized spacial score (nSPS) is 18.0. The molecule has 0 radical (unpaired) electrons. The highest BCUT2D eigenvalue weighted by Crippen LogP contribution is 2.31. The zero-order valence-electron chi connectivity index (χ0n) is 15.3. The molecule has 9 heteroatoms. The Balaban J connectivity index is 1.77. The topological polar surface area (TPSA) is 92.5 Å². The summed E-state index contributed by atoms with van der Waals surface area (Å²) < 4.78 is 27.3. The third-order valence-electron chi connectivity index (χ3n) is 4.80. The molecule has 1 unspecified atom stereocenters. The highest BCUT2D eigenvalue weighted by Gasteiger charge is 2.30. The predicted octanol–water partition coefficient (Wildman–Crippen LogP) is 4.39. The van der Waals surface area contributed by atoms with Crippen molar-refractivity contribution in [2.24, 2.45) is 0 Å². The van der Waals surface area contributed by atoms with E-state index >= 15 is 0 Å². The largest absolute Gasteiger partial charge is 0.396 e. The lowest BCUT2D eigenvalue weighted by atomic mass is 10.1. The lowest BCUT2D eigenvalue weighted by molar-refractivity contribution is 0.102. The second kappa shape index (κ2) is 8.29. The number of carbonyl (C=O) groups excluding carboxylic acids is 1. The maximum atomic E-state index is 12.9. The minimum Gasteiger partial charge on any atom is -0.396 e. The molecule has 1 saturated heterocycles. The number of hydrogen-bond donors (Lipinski definition) is 2. The maximum Gasteiger partial charge on any atom is 0.255 e. The molecule has 3 N–H and O–H groups in total. The van der Waals surface area contributed by atoms with Crippen LogP contribution in [0.3, 0.4) is 0 Å². The summed E-state index contributed by atoms with van der Waals surface area (Å²) in [6, 6.07) is 8.84. The Hall–Kier alpha value is -1.80. The summed E-state index contributed by atoms with van der Waals surface area (Å²) in [5, 5.41) is 3.14. The fraction of sp³-hybridized carbons (Fsp3) is 0.316. The second-order valence-corrected chi connectivity index (χ2v) is 9.50. The summed E-state index contributed by atoms with van der Waals surface area (Å²) in [4.78, 5) is 12.6. The van der Waals surface area contributed by atoms with E-state index in [2.05, 4.69) is 5.32 Å². The van der Waals surface area contributed by atoms with Gasteiger partial charge in [0.15, 0.2) is 0 Å². The number of nitrogen functional groups attached to an aromatic ring is 1. The molecule has 0 saturated carbocycles. The molecule has 0 bridgehead atoms. The Labute approximate surface area is 174 Å². The first-order valence-corrected chi connectivity index (χ1v) is 11.1. The van der Waals surface area contributed by atoms with E-state index in [9.17, 15) is 13.2 Å². The molecule has 1 atom stereocenters. The highest BCUT2D eigenvalue weighted by atomic mass is 35.5. The number of anilines is 2. The van der Waals surface area contributed by atoms with Gasteiger partial charge in [0, 0.05) is 23.8 Å². The first-order valence-electron chi connectivity index (χ1n) is 8.88. The van der Waals surface area contributed by atoms with Crippen LogP contribution < -0.4 is 11.1 Å². The Morgan fingerprint density at radius 2 is 1.75 bits per heavy atom. The highest BCUT2D eigenvalue weighted by molar-refractivity contribution is 7.89. The molecule has 0 aromatic heterocycles. The first-order chi connectivity index (χ1) is 13.2. The molecule has 1 aliphatic heterocycles. The van der Waals surface area contributed by atoms with E-state index in [0.717, 1.165) is 19.3 Å². The third kappa shape index (κ3) is 4.27. The van der Waals surface area contributed by atoms with E-state index in [1.54, 1.807) is 0 Å². The Kier molecular flexibility index (Phi) is 6.19. The molecule has 1 fully saturated rings. The summed E-state index contributed by atoms with van der Waals surface area (Å²) in [6.07, 6.45) is 2.74. The van der Waals surface area contributed by atoms with Crippen LogP contribution >= 0.6 is 23.2 Å². The number of rotatable bonds is 4. The van der Waals surface area contributed by atoms with Crippen molar-refractivity contribution in [3.8, 4) is 0 Å². The van der Waals surface area contributed by atoms with Gasteiger partial charge in [0.05, 0.1) is 20.6 Å². The molecule has 6 nitrogen and oxygen atoms in total. The van der Waals surface area contributed by atoms with Crippen molar-refractivity contribution in [3.63, 3.8) is 0 Å². The van der Waals surface area contributed by atoms with E-state index in [-0.39, 0.29) is 26.7 Å². The van der Waals surface area contributed by atoms with Crippen molar-refractivity contribution in [2.45, 2.75) is 37.1 Å². The Morgan fingerprint density at radius 3 is 2.32 bits per heavy atom. The molecule has 2 aromatic carbocycles. The first kappa shape index (κ1) is 20.9. The van der Waals surface area contributed by atoms with Crippen molar-refractivity contribution in [1.29, 1.82) is 0 Å². The van der Waals surface area contributed by atoms with Gasteiger partial charge in [0.2, 0.25) is 10.0 Å². The summed E-state index contributed by atoms with van der Waals surface area (Å²) in [5.41, 5.74) is 6.63. The van der Waals surface area contributed by atoms with Crippen LogP contribution in [0.2, 0.25) is 10.0 Å². The van der Waals surface area contributed by atoms with Gasteiger partial charge in [-0.15, -0.1) is 0 Å². The van der Waals surface area contributed by atoms with Gasteiger partial charge < -0.3 is 11.1 Å². The number of benzene rings is 2. The maximum absolute atomic E-state index is 12.9. The van der Waals surface area contributed by atoms with Gasteiger partial charge >= 0.3 is 0 Å². The van der Waals surface area contributed by atoms with Crippen molar-refractivity contribution < 1.29 is 13.2 Å². The van der Waals surface area contributed by atoms with Crippen LogP contribution in [0.4, 0.5) is 11.4 Å². The second-order valence-electron chi connectivity index (χ2n) is 6.79. The van der Waals surface area contributed by atoms with Crippen LogP contribution in [0.15, 0.2) is 41.3 Å². The quantitative estimate of drug-likeness (QED) is 0.687. The molecule has 3 rings (SSSR count). The Morgan fingerprint density at radius 1 is 1.14 bits per heavy atom. The van der Waals surface area contributed by atoms with Crippen LogP contribution in [-0.2, 0) is 10.0 Å². The summed E-state index contributed by atoms with van der Waals surface area (Å²) in [7, 11) is -3.58. The van der Waals surface area contributed by atoms with E-state index in [0.29, 0.717) is 17.8 Å². The van der Waals surface area contributed by atoms with Crippen LogP contribution in [0.25, 0.3) is 0 Å². The number of amides is 1. The molecule has 1 amide bonds. The van der Waals surface area contributed by atoms with Crippen molar-refractivity contribution in [1.82, 2.24) is 4.31 Å². The van der Waals surface area contributed by atoms with Crippen LogP contribution in [0, 0.1) is 0 Å². The number of nitrogens with zero attached hydrogens (tertiary/aromatic N) is 1. The number of nitrogens with two attached hydrogens (primary N) is 1. The van der Waals surface area contributed by atoms with Gasteiger partial charge in [0.1, 0.15) is 0 Å². The average molecular weight is 442 g/mol. The number of sulfonamides is 1. The van der Waals surface area contributed by atoms with Gasteiger partial charge in [0.25, 0.3) is 5.91 Å². The average Bonchev–Trinajstić information content (AvgIpc) is 2.66. The summed E-state index contributed by atoms with van der Waals surface area (Å²) in [5.74, 6) is -0.410. The molecular formula is C19H21Cl2N3O3S. The lowest BCUT2D eigenvalue weighted by Gasteiger charge is -2.32. The zero-order valence-corrected chi connectivity index (χ0v) is 17.6. The molecule has 1 aliphatic rings. The van der Waals surface area contributed by atoms with Crippen LogP contribution in [0.1, 0.15) is 36.5 Å². The van der Waals surface area contributed by atoms with E-state index in [1.165, 1.54) is 40.7 Å². The number of nitrogens with one attached hydrogen (secondary N) is 1. The van der Waals surface area contributed by atoms with Crippen molar-refractivity contribution in [3.05, 3.63) is 52.0 Å².